The molecule has 1 saturated heterocycles. The Morgan fingerprint density at radius 3 is 2.61 bits per heavy atom. The van der Waals surface area contributed by atoms with Gasteiger partial charge >= 0.3 is 0 Å². The zero-order valence-corrected chi connectivity index (χ0v) is 16.9. The van der Waals surface area contributed by atoms with Crippen molar-refractivity contribution in [2.75, 3.05) is 57.1 Å². The van der Waals surface area contributed by atoms with Crippen LogP contribution >= 0.6 is 11.6 Å². The Kier molecular flexibility index (Phi) is 5.34. The van der Waals surface area contributed by atoms with Crippen molar-refractivity contribution in [3.8, 4) is 11.3 Å². The monoisotopic (exact) mass is 401 g/mol. The summed E-state index contributed by atoms with van der Waals surface area (Å²) in [5.74, 6) is 1.19. The van der Waals surface area contributed by atoms with Crippen LogP contribution in [0.2, 0.25) is 5.02 Å². The SMILES string of the molecule is COCCN1CCN(c2nc(-c3ccccc3Cl)c3c(N)n(C)nc3n2)CC1. The molecule has 3 heterocycles. The van der Waals surface area contributed by atoms with Gasteiger partial charge in [-0.3, -0.25) is 9.58 Å². The van der Waals surface area contributed by atoms with Gasteiger partial charge in [-0.05, 0) is 6.07 Å². The van der Waals surface area contributed by atoms with E-state index in [1.54, 1.807) is 11.8 Å². The van der Waals surface area contributed by atoms with E-state index in [9.17, 15) is 0 Å². The average molecular weight is 402 g/mol. The molecule has 0 saturated carbocycles. The molecule has 0 spiro atoms. The molecular weight excluding hydrogens is 378 g/mol. The highest BCUT2D eigenvalue weighted by atomic mass is 35.5. The van der Waals surface area contributed by atoms with Crippen LogP contribution in [0.4, 0.5) is 11.8 Å². The van der Waals surface area contributed by atoms with Gasteiger partial charge in [0.05, 0.1) is 17.7 Å². The Labute approximate surface area is 168 Å². The van der Waals surface area contributed by atoms with E-state index in [1.165, 1.54) is 0 Å². The Morgan fingerprint density at radius 1 is 1.14 bits per heavy atom. The quantitative estimate of drug-likeness (QED) is 0.700. The summed E-state index contributed by atoms with van der Waals surface area (Å²) in [4.78, 5) is 14.1. The number of ether oxygens (including phenoxy) is 1. The maximum Gasteiger partial charge on any atom is 0.228 e. The first-order chi connectivity index (χ1) is 13.6. The van der Waals surface area contributed by atoms with E-state index in [1.807, 2.05) is 31.3 Å². The van der Waals surface area contributed by atoms with Crippen molar-refractivity contribution >= 4 is 34.4 Å². The van der Waals surface area contributed by atoms with E-state index in [2.05, 4.69) is 14.9 Å². The number of piperazine rings is 1. The average Bonchev–Trinajstić information content (AvgIpc) is 3.00. The first-order valence-electron chi connectivity index (χ1n) is 9.30. The summed E-state index contributed by atoms with van der Waals surface area (Å²) >= 11 is 6.46. The smallest absolute Gasteiger partial charge is 0.228 e. The summed E-state index contributed by atoms with van der Waals surface area (Å²) in [6.07, 6.45) is 0. The van der Waals surface area contributed by atoms with Gasteiger partial charge in [0.1, 0.15) is 5.82 Å². The van der Waals surface area contributed by atoms with Crippen molar-refractivity contribution in [3.05, 3.63) is 29.3 Å². The van der Waals surface area contributed by atoms with Crippen LogP contribution in [0.25, 0.3) is 22.3 Å². The fourth-order valence-electron chi connectivity index (χ4n) is 3.48. The van der Waals surface area contributed by atoms with Crippen LogP contribution in [0.15, 0.2) is 24.3 Å². The topological polar surface area (TPSA) is 85.3 Å². The molecule has 9 heteroatoms. The summed E-state index contributed by atoms with van der Waals surface area (Å²) in [5.41, 5.74) is 8.40. The Balaban J connectivity index is 1.72. The summed E-state index contributed by atoms with van der Waals surface area (Å²) in [6, 6.07) is 7.64. The van der Waals surface area contributed by atoms with Gasteiger partial charge in [-0.25, -0.2) is 4.98 Å². The number of aromatic nitrogens is 4. The summed E-state index contributed by atoms with van der Waals surface area (Å²) < 4.78 is 6.81. The molecule has 3 aromatic rings. The molecular formula is C19H24ClN7O. The van der Waals surface area contributed by atoms with Gasteiger partial charge in [-0.15, -0.1) is 0 Å². The number of nitrogens with zero attached hydrogens (tertiary/aromatic N) is 6. The number of aryl methyl sites for hydroxylation is 1. The number of anilines is 2. The van der Waals surface area contributed by atoms with Gasteiger partial charge in [-0.1, -0.05) is 29.8 Å². The second-order valence-corrected chi connectivity index (χ2v) is 7.29. The Hall–Kier alpha value is -2.42. The lowest BCUT2D eigenvalue weighted by Gasteiger charge is -2.34. The van der Waals surface area contributed by atoms with E-state index in [4.69, 9.17) is 32.0 Å². The Morgan fingerprint density at radius 2 is 1.89 bits per heavy atom. The first kappa shape index (κ1) is 18.9. The molecule has 148 valence electrons. The second-order valence-electron chi connectivity index (χ2n) is 6.88. The minimum Gasteiger partial charge on any atom is -0.383 e. The molecule has 0 amide bonds. The third kappa shape index (κ3) is 3.50. The summed E-state index contributed by atoms with van der Waals surface area (Å²) in [5, 5.41) is 5.84. The number of nitrogens with two attached hydrogens (primary N) is 1. The van der Waals surface area contributed by atoms with Crippen molar-refractivity contribution in [3.63, 3.8) is 0 Å². The van der Waals surface area contributed by atoms with Crippen molar-refractivity contribution in [2.45, 2.75) is 0 Å². The first-order valence-corrected chi connectivity index (χ1v) is 9.67. The second kappa shape index (κ2) is 7.90. The van der Waals surface area contributed by atoms with E-state index < -0.39 is 0 Å². The molecule has 2 aromatic heterocycles. The molecule has 8 nitrogen and oxygen atoms in total. The van der Waals surface area contributed by atoms with E-state index in [0.29, 0.717) is 22.4 Å². The lowest BCUT2D eigenvalue weighted by molar-refractivity contribution is 0.144. The van der Waals surface area contributed by atoms with Crippen LogP contribution in [0.3, 0.4) is 0 Å². The number of methoxy groups -OCH3 is 1. The molecule has 0 aliphatic carbocycles. The number of hydrogen-bond acceptors (Lipinski definition) is 7. The van der Waals surface area contributed by atoms with Crippen molar-refractivity contribution in [1.82, 2.24) is 24.6 Å². The number of fused-ring (bicyclic) bond motifs is 1. The molecule has 2 N–H and O–H groups in total. The number of hydrogen-bond donors (Lipinski definition) is 1. The predicted molar refractivity (Wildman–Crippen MR) is 112 cm³/mol. The van der Waals surface area contributed by atoms with Crippen LogP contribution < -0.4 is 10.6 Å². The van der Waals surface area contributed by atoms with E-state index in [-0.39, 0.29) is 0 Å². The zero-order chi connectivity index (χ0) is 19.7. The fourth-order valence-corrected chi connectivity index (χ4v) is 3.71. The Bertz CT molecular complexity index is 982. The van der Waals surface area contributed by atoms with Gasteiger partial charge < -0.3 is 15.4 Å². The molecule has 1 aliphatic rings. The minimum atomic E-state index is 0.529. The van der Waals surface area contributed by atoms with Crippen LogP contribution in [0, 0.1) is 0 Å². The number of rotatable bonds is 5. The van der Waals surface area contributed by atoms with Crippen LogP contribution in [-0.2, 0) is 11.8 Å². The van der Waals surface area contributed by atoms with Gasteiger partial charge in [0.2, 0.25) is 5.95 Å². The normalized spacial score (nSPS) is 15.5. The highest BCUT2D eigenvalue weighted by Crippen LogP contribution is 2.35. The molecule has 28 heavy (non-hydrogen) atoms. The van der Waals surface area contributed by atoms with Crippen LogP contribution in [0.1, 0.15) is 0 Å². The highest BCUT2D eigenvalue weighted by Gasteiger charge is 2.23. The van der Waals surface area contributed by atoms with Gasteiger partial charge in [0.15, 0.2) is 5.65 Å². The summed E-state index contributed by atoms with van der Waals surface area (Å²) in [6.45, 7) is 5.25. The van der Waals surface area contributed by atoms with E-state index in [0.717, 1.165) is 56.0 Å². The highest BCUT2D eigenvalue weighted by molar-refractivity contribution is 6.33. The molecule has 1 aliphatic heterocycles. The van der Waals surface area contributed by atoms with Crippen molar-refractivity contribution in [2.24, 2.45) is 7.05 Å². The molecule has 0 bridgehead atoms. The maximum atomic E-state index is 6.46. The number of nitrogen functional groups attached to an aromatic ring is 1. The van der Waals surface area contributed by atoms with E-state index >= 15 is 0 Å². The molecule has 0 radical (unpaired) electrons. The lowest BCUT2D eigenvalue weighted by Crippen LogP contribution is -2.47. The third-order valence-corrected chi connectivity index (χ3v) is 5.45. The molecule has 1 fully saturated rings. The van der Waals surface area contributed by atoms with Crippen LogP contribution in [-0.4, -0.2) is 71.1 Å². The standard InChI is InChI=1S/C19H24ClN7O/c1-25-17(21)15-16(13-5-3-4-6-14(13)20)22-19(23-18(15)24-25)27-9-7-26(8-10-27)11-12-28-2/h3-6H,7-12,21H2,1-2H3. The number of benzene rings is 1. The molecule has 0 atom stereocenters. The van der Waals surface area contributed by atoms with Crippen LogP contribution in [0.5, 0.6) is 0 Å². The lowest BCUT2D eigenvalue weighted by atomic mass is 10.1. The van der Waals surface area contributed by atoms with Gasteiger partial charge in [-0.2, -0.15) is 10.1 Å². The molecule has 0 unspecified atom stereocenters. The summed E-state index contributed by atoms with van der Waals surface area (Å²) in [7, 11) is 3.54. The number of halogens is 1. The fraction of sp³-hybridized carbons (Fsp3) is 0.421. The molecule has 4 rings (SSSR count). The predicted octanol–water partition coefficient (Wildman–Crippen LogP) is 2.03. The van der Waals surface area contributed by atoms with Gasteiger partial charge in [0, 0.05) is 57.5 Å². The third-order valence-electron chi connectivity index (χ3n) is 5.12. The zero-order valence-electron chi connectivity index (χ0n) is 16.1. The van der Waals surface area contributed by atoms with Crippen molar-refractivity contribution < 1.29 is 4.74 Å². The van der Waals surface area contributed by atoms with Crippen molar-refractivity contribution in [1.29, 1.82) is 0 Å². The maximum absolute atomic E-state index is 6.46. The molecule has 1 aromatic carbocycles. The van der Waals surface area contributed by atoms with Gasteiger partial charge in [0.25, 0.3) is 0 Å². The largest absolute Gasteiger partial charge is 0.383 e. The minimum absolute atomic E-state index is 0.529.